The number of unbranched alkanes of at least 4 members (excludes halogenated alkanes) is 18. The number of esters is 10. The van der Waals surface area contributed by atoms with Gasteiger partial charge in [-0.15, -0.1) is 0 Å². The highest BCUT2D eigenvalue weighted by molar-refractivity contribution is 5.76. The van der Waals surface area contributed by atoms with E-state index in [1.54, 1.807) is 13.8 Å². The van der Waals surface area contributed by atoms with Gasteiger partial charge >= 0.3 is 65.8 Å². The maximum atomic E-state index is 12.1. The van der Waals surface area contributed by atoms with E-state index >= 15 is 0 Å². The second-order valence-corrected chi connectivity index (χ2v) is 24.3. The number of rotatable bonds is 63. The highest BCUT2D eigenvalue weighted by Crippen LogP contribution is 2.21. The number of hydrogen-bond donors (Lipinski definition) is 1. The van der Waals surface area contributed by atoms with Crippen LogP contribution in [0.25, 0.3) is 0 Å². The first-order chi connectivity index (χ1) is 46.0. The number of ether oxygens (including phenoxy) is 11. The summed E-state index contributed by atoms with van der Waals surface area (Å²) in [6.07, 6.45) is 22.4. The van der Waals surface area contributed by atoms with Crippen molar-refractivity contribution < 1.29 is 105 Å². The third kappa shape index (κ3) is 57.2. The molecule has 23 heteroatoms. The number of alkyl carbamates (subject to hydrolysis) is 1. The van der Waals surface area contributed by atoms with Crippen molar-refractivity contribution in [1.82, 2.24) is 5.32 Å². The maximum absolute atomic E-state index is 12.1. The summed E-state index contributed by atoms with van der Waals surface area (Å²) in [4.78, 5) is 132. The van der Waals surface area contributed by atoms with E-state index in [2.05, 4.69) is 17.4 Å². The molecule has 542 valence electrons. The number of nitrogens with one attached hydrogen (secondary N) is 1. The molecule has 0 aliphatic carbocycles. The third-order valence-corrected chi connectivity index (χ3v) is 15.3. The smallest absolute Gasteiger partial charge is 0.407 e. The minimum atomic E-state index is -0.588. The molecule has 1 aromatic rings. The molecule has 0 saturated carbocycles. The molecule has 0 spiro atoms. The minimum absolute atomic E-state index is 0.0697. The lowest BCUT2D eigenvalue weighted by Crippen LogP contribution is -2.32. The Morgan fingerprint density at radius 1 is 0.284 bits per heavy atom. The lowest BCUT2D eigenvalue weighted by Gasteiger charge is -2.20. The molecule has 1 rings (SSSR count). The average Bonchev–Trinajstić information content (AvgIpc) is 1.32. The van der Waals surface area contributed by atoms with E-state index in [1.165, 1.54) is 5.56 Å². The molecule has 0 aliphatic rings. The Morgan fingerprint density at radius 3 is 0.758 bits per heavy atom. The highest BCUT2D eigenvalue weighted by Gasteiger charge is 2.27. The molecule has 0 saturated heterocycles. The average molecular weight is 1350 g/mol. The summed E-state index contributed by atoms with van der Waals surface area (Å²) in [6.45, 7) is 8.69. The van der Waals surface area contributed by atoms with Crippen molar-refractivity contribution >= 4 is 65.8 Å². The molecule has 1 amide bonds. The van der Waals surface area contributed by atoms with E-state index in [-0.39, 0.29) is 158 Å². The zero-order valence-electron chi connectivity index (χ0n) is 57.9. The number of carbonyl (C=O) groups is 11. The van der Waals surface area contributed by atoms with Crippen LogP contribution in [0, 0.1) is 5.41 Å². The van der Waals surface area contributed by atoms with Crippen LogP contribution in [0.15, 0.2) is 30.3 Å². The summed E-state index contributed by atoms with van der Waals surface area (Å²) >= 11 is 0. The molecule has 0 aliphatic heterocycles. The Morgan fingerprint density at radius 2 is 0.516 bits per heavy atom. The van der Waals surface area contributed by atoms with Crippen molar-refractivity contribution in [1.29, 1.82) is 0 Å². The van der Waals surface area contributed by atoms with Gasteiger partial charge in [0.15, 0.2) is 0 Å². The summed E-state index contributed by atoms with van der Waals surface area (Å²) in [5.41, 5.74) is 0.660. The minimum Gasteiger partial charge on any atom is -0.466 e. The topological polar surface area (TPSA) is 301 Å². The molecule has 95 heavy (non-hydrogen) atoms. The van der Waals surface area contributed by atoms with Crippen LogP contribution in [0.4, 0.5) is 4.79 Å². The molecular formula is C72H117NO22. The molecule has 0 unspecified atom stereocenters. The fourth-order valence-corrected chi connectivity index (χ4v) is 9.03. The monoisotopic (exact) mass is 1350 g/mol. The highest BCUT2D eigenvalue weighted by atomic mass is 16.6. The van der Waals surface area contributed by atoms with Gasteiger partial charge in [0.2, 0.25) is 0 Å². The molecular weight excluding hydrogens is 1230 g/mol. The number of hydrogen-bond acceptors (Lipinski definition) is 22. The Kier molecular flexibility index (Phi) is 55.2. The molecule has 0 aromatic heterocycles. The molecule has 0 heterocycles. The number of benzene rings is 1. The van der Waals surface area contributed by atoms with Crippen molar-refractivity contribution in [3.63, 3.8) is 0 Å². The van der Waals surface area contributed by atoms with Crippen molar-refractivity contribution in [2.75, 3.05) is 79.2 Å². The zero-order chi connectivity index (χ0) is 69.5. The zero-order valence-corrected chi connectivity index (χ0v) is 57.9. The fourth-order valence-electron chi connectivity index (χ4n) is 9.03. The van der Waals surface area contributed by atoms with Gasteiger partial charge in [0.1, 0.15) is 6.61 Å². The van der Waals surface area contributed by atoms with E-state index in [0.717, 1.165) is 38.5 Å². The van der Waals surface area contributed by atoms with Crippen LogP contribution in [0.5, 0.6) is 0 Å². The third-order valence-electron chi connectivity index (χ3n) is 15.3. The summed E-state index contributed by atoms with van der Waals surface area (Å²) in [7, 11) is 0. The maximum Gasteiger partial charge on any atom is 0.407 e. The van der Waals surface area contributed by atoms with Gasteiger partial charge in [-0.25, -0.2) is 4.79 Å². The van der Waals surface area contributed by atoms with Gasteiger partial charge in [0.05, 0.1) is 78.0 Å². The number of amides is 1. The van der Waals surface area contributed by atoms with Crippen LogP contribution in [-0.4, -0.2) is 145 Å². The molecule has 23 nitrogen and oxygen atoms in total. The van der Waals surface area contributed by atoms with Crippen molar-refractivity contribution in [2.24, 2.45) is 5.41 Å². The fraction of sp³-hybridized carbons (Fsp3) is 0.764. The predicted molar refractivity (Wildman–Crippen MR) is 354 cm³/mol. The first-order valence-corrected chi connectivity index (χ1v) is 35.5. The Balaban J connectivity index is 1.80. The predicted octanol–water partition coefficient (Wildman–Crippen LogP) is 13.3. The summed E-state index contributed by atoms with van der Waals surface area (Å²) in [5, 5.41) is 2.54. The quantitative estimate of drug-likeness (QED) is 0.0360. The van der Waals surface area contributed by atoms with Crippen molar-refractivity contribution in [3.8, 4) is 0 Å². The molecule has 0 bridgehead atoms. The van der Waals surface area contributed by atoms with E-state index in [0.29, 0.717) is 193 Å². The number of carbonyl (C=O) groups excluding carboxylic acids is 11. The van der Waals surface area contributed by atoms with Gasteiger partial charge in [-0.05, 0) is 212 Å². The molecule has 0 radical (unpaired) electrons. The standard InChI is InChI=1S/C72H117NO22/c1-4-72(2,3)70(83)94-59-48-73-71(84)95-57-34-14-25-46-68(81)92-55-32-12-23-44-66(79)90-53-30-10-21-42-64(77)88-51-28-8-19-40-62(75)86-49-26-6-17-39-61(74)85-50-27-7-18-41-63(76)87-52-29-9-20-43-65(78)89-54-31-11-22-45-67(80)91-56-33-13-24-47-69(82)93-58-35-38-60-36-15-5-16-37-60/h5,15-16,36-37H,4,6-14,17-35,38-59H2,1-3H3,(H,73,84). The van der Waals surface area contributed by atoms with Crippen molar-refractivity contribution in [3.05, 3.63) is 35.9 Å². The lowest BCUT2D eigenvalue weighted by molar-refractivity contribution is -0.154. The van der Waals surface area contributed by atoms with Gasteiger partial charge in [0, 0.05) is 57.8 Å². The van der Waals surface area contributed by atoms with Crippen LogP contribution in [0.2, 0.25) is 0 Å². The second-order valence-electron chi connectivity index (χ2n) is 24.3. The second kappa shape index (κ2) is 60.8. The largest absolute Gasteiger partial charge is 0.466 e. The Labute approximate surface area is 565 Å². The summed E-state index contributed by atoms with van der Waals surface area (Å²) in [5.74, 6) is -2.73. The van der Waals surface area contributed by atoms with Crippen LogP contribution < -0.4 is 5.32 Å². The van der Waals surface area contributed by atoms with E-state index in [1.807, 2.05) is 25.1 Å². The summed E-state index contributed by atoms with van der Waals surface area (Å²) in [6, 6.07) is 10.1. The van der Waals surface area contributed by atoms with E-state index in [4.69, 9.17) is 52.1 Å². The van der Waals surface area contributed by atoms with Crippen LogP contribution in [0.1, 0.15) is 270 Å². The summed E-state index contributed by atoms with van der Waals surface area (Å²) < 4.78 is 57.9. The Bertz CT molecular complexity index is 2240. The first-order valence-electron chi connectivity index (χ1n) is 35.5. The molecule has 1 aromatic carbocycles. The number of aryl methyl sites for hydroxylation is 1. The van der Waals surface area contributed by atoms with Gasteiger partial charge < -0.3 is 57.4 Å². The normalized spacial score (nSPS) is 11.0. The van der Waals surface area contributed by atoms with Crippen LogP contribution in [0.3, 0.4) is 0 Å². The molecule has 0 fully saturated rings. The first kappa shape index (κ1) is 86.2. The lowest BCUT2D eigenvalue weighted by atomic mass is 9.91. The molecule has 0 atom stereocenters. The van der Waals surface area contributed by atoms with Gasteiger partial charge in [0.25, 0.3) is 0 Å². The van der Waals surface area contributed by atoms with E-state index in [9.17, 15) is 52.7 Å². The van der Waals surface area contributed by atoms with Gasteiger partial charge in [-0.2, -0.15) is 0 Å². The Hall–Kier alpha value is -6.81. The SMILES string of the molecule is CCC(C)(C)C(=O)OCCNC(=O)OCCCCCC(=O)OCCCCCC(=O)OCCCCCC(=O)OCCCCCC(=O)OCCCCCC(=O)OCCCCCC(=O)OCCCCCC(=O)OCCCCCC(=O)OCCCCCC(=O)OCCCc1ccccc1. The van der Waals surface area contributed by atoms with Gasteiger partial charge in [-0.3, -0.25) is 47.9 Å². The van der Waals surface area contributed by atoms with Crippen molar-refractivity contribution in [2.45, 2.75) is 271 Å². The van der Waals surface area contributed by atoms with Crippen LogP contribution >= 0.6 is 0 Å². The van der Waals surface area contributed by atoms with E-state index < -0.39 is 11.5 Å². The molecule has 1 N–H and O–H groups in total. The van der Waals surface area contributed by atoms with Gasteiger partial charge in [-0.1, -0.05) is 37.3 Å². The van der Waals surface area contributed by atoms with Crippen LogP contribution in [-0.2, 0) is 106 Å².